The molecule has 1 atom stereocenters. The minimum Gasteiger partial charge on any atom is -0.358 e. The molecule has 2 N–H and O–H groups in total. The Hall–Kier alpha value is -2.70. The van der Waals surface area contributed by atoms with Crippen LogP contribution in [0.5, 0.6) is 0 Å². The highest BCUT2D eigenvalue weighted by Crippen LogP contribution is 2.28. The lowest BCUT2D eigenvalue weighted by atomic mass is 10.1. The molecule has 1 aromatic heterocycles. The first-order valence-corrected chi connectivity index (χ1v) is 9.43. The number of aryl methyl sites for hydroxylation is 1. The third kappa shape index (κ3) is 3.34. The van der Waals surface area contributed by atoms with Crippen molar-refractivity contribution in [2.45, 2.75) is 26.4 Å². The van der Waals surface area contributed by atoms with E-state index in [1.54, 1.807) is 0 Å². The van der Waals surface area contributed by atoms with E-state index >= 15 is 0 Å². The van der Waals surface area contributed by atoms with Gasteiger partial charge in [0, 0.05) is 12.6 Å². The van der Waals surface area contributed by atoms with Crippen LogP contribution in [-0.2, 0) is 6.54 Å². The molecule has 0 aliphatic carbocycles. The van der Waals surface area contributed by atoms with Crippen LogP contribution in [0.1, 0.15) is 29.7 Å². The average molecular weight is 379 g/mol. The summed E-state index contributed by atoms with van der Waals surface area (Å²) in [5.41, 5.74) is 3.90. The van der Waals surface area contributed by atoms with Crippen LogP contribution in [0.3, 0.4) is 0 Å². The van der Waals surface area contributed by atoms with Crippen LogP contribution >= 0.6 is 12.2 Å². The van der Waals surface area contributed by atoms with E-state index in [4.69, 9.17) is 12.2 Å². The van der Waals surface area contributed by atoms with Crippen LogP contribution < -0.4 is 10.9 Å². The van der Waals surface area contributed by atoms with Crippen molar-refractivity contribution < 1.29 is 0 Å². The third-order valence-electron chi connectivity index (χ3n) is 5.11. The van der Waals surface area contributed by atoms with E-state index < -0.39 is 0 Å². The highest BCUT2D eigenvalue weighted by Gasteiger charge is 2.26. The summed E-state index contributed by atoms with van der Waals surface area (Å²) in [5, 5.41) is 3.43. The van der Waals surface area contributed by atoms with Gasteiger partial charge in [-0.05, 0) is 49.3 Å². The van der Waals surface area contributed by atoms with Gasteiger partial charge in [0.2, 0.25) is 0 Å². The molecule has 0 spiro atoms. The second-order valence-electron chi connectivity index (χ2n) is 6.93. The van der Waals surface area contributed by atoms with Gasteiger partial charge in [0.25, 0.3) is 5.56 Å². The summed E-state index contributed by atoms with van der Waals surface area (Å²) in [4.78, 5) is 17.7. The predicted octanol–water partition coefficient (Wildman–Crippen LogP) is 4.15. The number of nitrogens with zero attached hydrogens (tertiary/aromatic N) is 2. The van der Waals surface area contributed by atoms with Crippen LogP contribution in [0, 0.1) is 11.7 Å². The number of aromatic amines is 1. The minimum atomic E-state index is -0.128. The monoisotopic (exact) mass is 378 g/mol. The number of anilines is 1. The van der Waals surface area contributed by atoms with Crippen molar-refractivity contribution in [1.82, 2.24) is 14.5 Å². The fourth-order valence-electron chi connectivity index (χ4n) is 3.57. The summed E-state index contributed by atoms with van der Waals surface area (Å²) in [6.07, 6.45) is 0. The van der Waals surface area contributed by atoms with Gasteiger partial charge in [0.1, 0.15) is 5.82 Å². The normalized spacial score (nSPS) is 15.0. The molecule has 1 aliphatic rings. The molecule has 2 aromatic carbocycles. The van der Waals surface area contributed by atoms with Crippen molar-refractivity contribution in [2.75, 3.05) is 12.0 Å². The molecule has 1 aliphatic heterocycles. The molecule has 27 heavy (non-hydrogen) atoms. The maximum absolute atomic E-state index is 12.6. The van der Waals surface area contributed by atoms with E-state index in [1.165, 1.54) is 5.56 Å². The summed E-state index contributed by atoms with van der Waals surface area (Å²) in [6, 6.07) is 18.6. The Morgan fingerprint density at radius 2 is 1.89 bits per heavy atom. The van der Waals surface area contributed by atoms with Crippen molar-refractivity contribution in [3.8, 4) is 5.69 Å². The molecule has 3 aromatic rings. The van der Waals surface area contributed by atoms with Gasteiger partial charge in [-0.2, -0.15) is 0 Å². The van der Waals surface area contributed by atoms with Crippen molar-refractivity contribution in [3.05, 3.63) is 86.4 Å². The Morgan fingerprint density at radius 3 is 2.63 bits per heavy atom. The number of H-pyrrole nitrogens is 1. The number of hydrogen-bond donors (Lipinski definition) is 2. The lowest BCUT2D eigenvalue weighted by molar-refractivity contribution is 0.207. The first-order valence-electron chi connectivity index (χ1n) is 9.02. The first-order chi connectivity index (χ1) is 13.0. The Bertz CT molecular complexity index is 1090. The molecule has 0 bridgehead atoms. The zero-order valence-corrected chi connectivity index (χ0v) is 16.2. The van der Waals surface area contributed by atoms with Gasteiger partial charge in [-0.1, -0.05) is 42.5 Å². The molecule has 0 unspecified atom stereocenters. The van der Waals surface area contributed by atoms with E-state index in [0.717, 1.165) is 17.1 Å². The molecule has 0 saturated heterocycles. The molecule has 5 nitrogen and oxygen atoms in total. The number of nitrogens with one attached hydrogen (secondary N) is 2. The molecule has 4 rings (SSSR count). The number of rotatable bonds is 3. The summed E-state index contributed by atoms with van der Waals surface area (Å²) >= 11 is 5.46. The fourth-order valence-corrected chi connectivity index (χ4v) is 3.86. The largest absolute Gasteiger partial charge is 0.358 e. The van der Waals surface area contributed by atoms with Crippen LogP contribution in [0.4, 0.5) is 5.82 Å². The second kappa shape index (κ2) is 7.13. The zero-order valence-electron chi connectivity index (χ0n) is 15.4. The van der Waals surface area contributed by atoms with Gasteiger partial charge in [0.05, 0.1) is 17.9 Å². The topological polar surface area (TPSA) is 53.1 Å². The molecule has 0 saturated carbocycles. The van der Waals surface area contributed by atoms with E-state index in [9.17, 15) is 4.79 Å². The minimum absolute atomic E-state index is 0.128. The molecule has 0 radical (unpaired) electrons. The van der Waals surface area contributed by atoms with E-state index in [1.807, 2.05) is 47.9 Å². The van der Waals surface area contributed by atoms with E-state index in [2.05, 4.69) is 40.3 Å². The van der Waals surface area contributed by atoms with Gasteiger partial charge in [-0.25, -0.2) is 0 Å². The standard InChI is InChI=1S/C21H22N4OS/c1-14-7-6-10-17(11-14)25-19-18(20(26)23-21(25)27)12-24(13-22-19)15(2)16-8-4-3-5-9-16/h3-11,15,22H,12-13H2,1-2H3,(H,23,26,27)/t15-/m0/s1. The third-order valence-corrected chi connectivity index (χ3v) is 5.39. The van der Waals surface area contributed by atoms with Gasteiger partial charge in [-0.3, -0.25) is 19.2 Å². The Kier molecular flexibility index (Phi) is 4.68. The summed E-state index contributed by atoms with van der Waals surface area (Å²) in [7, 11) is 0. The average Bonchev–Trinajstić information content (AvgIpc) is 2.68. The number of aromatic nitrogens is 2. The fraction of sp³-hybridized carbons (Fsp3) is 0.238. The Labute approximate surface area is 163 Å². The van der Waals surface area contributed by atoms with E-state index in [-0.39, 0.29) is 11.6 Å². The maximum atomic E-state index is 12.6. The van der Waals surface area contributed by atoms with E-state index in [0.29, 0.717) is 23.5 Å². The molecule has 138 valence electrons. The molecular weight excluding hydrogens is 356 g/mol. The lowest BCUT2D eigenvalue weighted by Crippen LogP contribution is -2.40. The number of fused-ring (bicyclic) bond motifs is 1. The van der Waals surface area contributed by atoms with Gasteiger partial charge in [0.15, 0.2) is 4.77 Å². The zero-order chi connectivity index (χ0) is 19.0. The number of hydrogen-bond acceptors (Lipinski definition) is 4. The molecule has 0 fully saturated rings. The summed E-state index contributed by atoms with van der Waals surface area (Å²) in [5.74, 6) is 0.783. The lowest BCUT2D eigenvalue weighted by Gasteiger charge is -2.35. The van der Waals surface area contributed by atoms with Crippen molar-refractivity contribution in [2.24, 2.45) is 0 Å². The van der Waals surface area contributed by atoms with Crippen LogP contribution in [0.25, 0.3) is 5.69 Å². The van der Waals surface area contributed by atoms with Gasteiger partial charge in [-0.15, -0.1) is 0 Å². The van der Waals surface area contributed by atoms with Crippen molar-refractivity contribution >= 4 is 18.0 Å². The smallest absolute Gasteiger partial charge is 0.258 e. The van der Waals surface area contributed by atoms with Crippen LogP contribution in [0.2, 0.25) is 0 Å². The van der Waals surface area contributed by atoms with Crippen LogP contribution in [0.15, 0.2) is 59.4 Å². The summed E-state index contributed by atoms with van der Waals surface area (Å²) < 4.78 is 2.32. The number of benzene rings is 2. The van der Waals surface area contributed by atoms with Gasteiger partial charge >= 0.3 is 0 Å². The van der Waals surface area contributed by atoms with Gasteiger partial charge < -0.3 is 5.32 Å². The predicted molar refractivity (Wildman–Crippen MR) is 111 cm³/mol. The first kappa shape index (κ1) is 17.7. The molecular formula is C21H22N4OS. The molecule has 2 heterocycles. The second-order valence-corrected chi connectivity index (χ2v) is 7.32. The van der Waals surface area contributed by atoms with Crippen molar-refractivity contribution in [3.63, 3.8) is 0 Å². The molecule has 6 heteroatoms. The highest BCUT2D eigenvalue weighted by molar-refractivity contribution is 7.71. The maximum Gasteiger partial charge on any atom is 0.258 e. The van der Waals surface area contributed by atoms with Crippen LogP contribution in [-0.4, -0.2) is 21.1 Å². The summed E-state index contributed by atoms with van der Waals surface area (Å²) in [6.45, 7) is 5.41. The molecule has 0 amide bonds. The highest BCUT2D eigenvalue weighted by atomic mass is 32.1. The Morgan fingerprint density at radius 1 is 1.11 bits per heavy atom. The SMILES string of the molecule is Cc1cccc(-n2c3c(c(=O)[nH]c2=S)CN([C@@H](C)c2ccccc2)CN3)c1. The van der Waals surface area contributed by atoms with Crippen molar-refractivity contribution in [1.29, 1.82) is 0 Å². The quantitative estimate of drug-likeness (QED) is 0.672. The Balaban J connectivity index is 1.76.